The first-order valence-corrected chi connectivity index (χ1v) is 16.9. The van der Waals surface area contributed by atoms with Crippen molar-refractivity contribution in [1.29, 1.82) is 0 Å². The number of aromatic nitrogens is 1. The molecule has 1 aliphatic rings. The molecule has 5 aromatic rings. The maximum atomic E-state index is 14.1. The number of thiazole rings is 1. The average Bonchev–Trinajstić information content (AvgIpc) is 3.42. The summed E-state index contributed by atoms with van der Waals surface area (Å²) in [6.45, 7) is 1.87. The molecule has 12 nitrogen and oxygen atoms in total. The maximum absolute atomic E-state index is 14.1. The zero-order chi connectivity index (χ0) is 34.7. The summed E-state index contributed by atoms with van der Waals surface area (Å²) < 4.78 is 13.1. The summed E-state index contributed by atoms with van der Waals surface area (Å²) in [5.74, 6) is -0.480. The molecule has 0 bridgehead atoms. The molecule has 0 amide bonds. The Morgan fingerprint density at radius 2 is 1.69 bits per heavy atom. The number of esters is 1. The first-order valence-electron chi connectivity index (χ1n) is 14.8. The molecule has 1 atom stereocenters. The molecule has 0 unspecified atom stereocenters. The van der Waals surface area contributed by atoms with Gasteiger partial charge in [-0.1, -0.05) is 65.9 Å². The number of thioether (sulfide) groups is 1. The van der Waals surface area contributed by atoms with E-state index in [-0.39, 0.29) is 29.2 Å². The van der Waals surface area contributed by atoms with Gasteiger partial charge in [0.15, 0.2) is 4.80 Å². The number of nitrogens with zero attached hydrogens (tertiary/aromatic N) is 4. The van der Waals surface area contributed by atoms with Gasteiger partial charge in [0.05, 0.1) is 44.4 Å². The van der Waals surface area contributed by atoms with Crippen LogP contribution in [-0.2, 0) is 9.53 Å². The van der Waals surface area contributed by atoms with Crippen molar-refractivity contribution in [2.45, 2.75) is 17.9 Å². The molecule has 4 aromatic carbocycles. The van der Waals surface area contributed by atoms with Crippen LogP contribution in [0, 0.1) is 20.2 Å². The van der Waals surface area contributed by atoms with Crippen molar-refractivity contribution < 1.29 is 24.1 Å². The Labute approximate surface area is 286 Å². The summed E-state index contributed by atoms with van der Waals surface area (Å²) in [7, 11) is 0. The number of hydrogen-bond acceptors (Lipinski definition) is 11. The van der Waals surface area contributed by atoms with Crippen LogP contribution in [0.5, 0.6) is 11.5 Å². The van der Waals surface area contributed by atoms with E-state index in [0.29, 0.717) is 26.2 Å². The van der Waals surface area contributed by atoms with Crippen LogP contribution >= 0.6 is 23.1 Å². The van der Waals surface area contributed by atoms with E-state index in [4.69, 9.17) is 14.5 Å². The Morgan fingerprint density at radius 1 is 0.980 bits per heavy atom. The van der Waals surface area contributed by atoms with Gasteiger partial charge in [-0.3, -0.25) is 29.6 Å². The smallest absolute Gasteiger partial charge is 0.338 e. The lowest BCUT2D eigenvalue weighted by Crippen LogP contribution is -2.40. The number of rotatable bonds is 10. The normalized spacial score (nSPS) is 14.2. The van der Waals surface area contributed by atoms with E-state index in [1.165, 1.54) is 22.0 Å². The Balaban J connectivity index is 1.44. The van der Waals surface area contributed by atoms with Crippen molar-refractivity contribution in [2.24, 2.45) is 4.99 Å². The Morgan fingerprint density at radius 3 is 2.33 bits per heavy atom. The Hall–Kier alpha value is -5.86. The highest BCUT2D eigenvalue weighted by molar-refractivity contribution is 7.98. The third kappa shape index (κ3) is 6.77. The van der Waals surface area contributed by atoms with Crippen LogP contribution in [0.4, 0.5) is 11.4 Å². The van der Waals surface area contributed by atoms with E-state index in [1.807, 2.05) is 60.9 Å². The molecule has 14 heteroatoms. The molecule has 1 aromatic heterocycles. The van der Waals surface area contributed by atoms with Crippen molar-refractivity contribution in [3.05, 3.63) is 159 Å². The van der Waals surface area contributed by atoms with E-state index < -0.39 is 33.2 Å². The lowest BCUT2D eigenvalue weighted by Gasteiger charge is -2.26. The van der Waals surface area contributed by atoms with E-state index in [0.717, 1.165) is 22.6 Å². The SMILES string of the molecule is CCOC(=O)C1=C(c2ccccc2)N=c2s/c(=C\c3ccc(Oc4ccc([N+](=O)[O-])cc4[N+](=O)[O-])cc3)c(=O)n2[C@H]1c1ccc(SC)cc1. The molecule has 0 spiro atoms. The second-order valence-corrected chi connectivity index (χ2v) is 12.4. The Bertz CT molecular complexity index is 2300. The highest BCUT2D eigenvalue weighted by Gasteiger charge is 2.35. The van der Waals surface area contributed by atoms with Gasteiger partial charge in [-0.2, -0.15) is 0 Å². The molecule has 0 radical (unpaired) electrons. The van der Waals surface area contributed by atoms with Crippen molar-refractivity contribution in [3.8, 4) is 11.5 Å². The van der Waals surface area contributed by atoms with Gasteiger partial charge in [-0.05, 0) is 60.7 Å². The van der Waals surface area contributed by atoms with Crippen LogP contribution in [-0.4, -0.2) is 33.2 Å². The molecule has 49 heavy (non-hydrogen) atoms. The minimum atomic E-state index is -0.808. The lowest BCUT2D eigenvalue weighted by molar-refractivity contribution is -0.394. The minimum Gasteiger partial charge on any atom is -0.463 e. The second kappa shape index (κ2) is 14.1. The van der Waals surface area contributed by atoms with Crippen molar-refractivity contribution in [3.63, 3.8) is 0 Å². The lowest BCUT2D eigenvalue weighted by atomic mass is 9.93. The number of benzene rings is 4. The van der Waals surface area contributed by atoms with Gasteiger partial charge in [0.25, 0.3) is 11.2 Å². The maximum Gasteiger partial charge on any atom is 0.338 e. The second-order valence-electron chi connectivity index (χ2n) is 10.5. The predicted octanol–water partition coefficient (Wildman–Crippen LogP) is 6.27. The summed E-state index contributed by atoms with van der Waals surface area (Å²) >= 11 is 2.76. The zero-order valence-corrected chi connectivity index (χ0v) is 27.6. The number of nitro groups is 2. The Kier molecular flexibility index (Phi) is 9.51. The summed E-state index contributed by atoms with van der Waals surface area (Å²) in [4.78, 5) is 55.2. The quantitative estimate of drug-likeness (QED) is 0.0712. The summed E-state index contributed by atoms with van der Waals surface area (Å²) in [5.41, 5.74) is 1.41. The zero-order valence-electron chi connectivity index (χ0n) is 26.0. The van der Waals surface area contributed by atoms with Gasteiger partial charge in [0.2, 0.25) is 5.75 Å². The summed E-state index contributed by atoms with van der Waals surface area (Å²) in [6.07, 6.45) is 3.65. The largest absolute Gasteiger partial charge is 0.463 e. The summed E-state index contributed by atoms with van der Waals surface area (Å²) in [6, 6.07) is 25.8. The average molecular weight is 695 g/mol. The van der Waals surface area contributed by atoms with Gasteiger partial charge in [-0.25, -0.2) is 9.79 Å². The molecular formula is C35H26N4O8S2. The number of non-ortho nitro benzene ring substituents is 1. The standard InChI is InChI=1S/C35H26N4O8S2/c1-3-46-34(41)30-31(22-7-5-4-6-8-22)36-35-37(32(30)23-11-16-26(48-2)17-12-23)33(40)29(49-35)19-21-9-14-25(15-10-21)47-28-18-13-24(38(42)43)20-27(28)39(44)45/h4-20,32H,3H2,1-2H3/b29-19-/t32-/m0/s1. The molecule has 0 saturated heterocycles. The number of fused-ring (bicyclic) bond motifs is 1. The number of carbonyl (C=O) groups excluding carboxylic acids is 1. The highest BCUT2D eigenvalue weighted by Crippen LogP contribution is 2.36. The number of hydrogen-bond donors (Lipinski definition) is 0. The molecule has 0 fully saturated rings. The molecule has 0 saturated carbocycles. The topological polar surface area (TPSA) is 156 Å². The highest BCUT2D eigenvalue weighted by atomic mass is 32.2. The molecular weight excluding hydrogens is 669 g/mol. The van der Waals surface area contributed by atoms with Crippen LogP contribution in [0.1, 0.15) is 29.7 Å². The van der Waals surface area contributed by atoms with E-state index in [1.54, 1.807) is 49.0 Å². The van der Waals surface area contributed by atoms with Gasteiger partial charge >= 0.3 is 11.7 Å². The van der Waals surface area contributed by atoms with Gasteiger partial charge < -0.3 is 9.47 Å². The summed E-state index contributed by atoms with van der Waals surface area (Å²) in [5, 5.41) is 22.6. The van der Waals surface area contributed by atoms with E-state index >= 15 is 0 Å². The number of nitro benzene ring substituents is 2. The van der Waals surface area contributed by atoms with Gasteiger partial charge in [-0.15, -0.1) is 11.8 Å². The molecule has 246 valence electrons. The van der Waals surface area contributed by atoms with Crippen LogP contribution in [0.15, 0.2) is 117 Å². The van der Waals surface area contributed by atoms with Crippen LogP contribution in [0.25, 0.3) is 11.8 Å². The van der Waals surface area contributed by atoms with Crippen molar-refractivity contribution in [2.75, 3.05) is 12.9 Å². The van der Waals surface area contributed by atoms with Crippen molar-refractivity contribution >= 4 is 52.2 Å². The fourth-order valence-electron chi connectivity index (χ4n) is 5.30. The number of carbonyl (C=O) groups is 1. The third-order valence-electron chi connectivity index (χ3n) is 7.56. The third-order valence-corrected chi connectivity index (χ3v) is 9.29. The van der Waals surface area contributed by atoms with Crippen LogP contribution in [0.2, 0.25) is 0 Å². The molecule has 1 aliphatic heterocycles. The van der Waals surface area contributed by atoms with Gasteiger partial charge in [0.1, 0.15) is 5.75 Å². The molecule has 2 heterocycles. The predicted molar refractivity (Wildman–Crippen MR) is 186 cm³/mol. The minimum absolute atomic E-state index is 0.143. The first kappa shape index (κ1) is 33.1. The van der Waals surface area contributed by atoms with E-state index in [9.17, 15) is 29.8 Å². The molecule has 0 N–H and O–H groups in total. The molecule has 6 rings (SSSR count). The first-order chi connectivity index (χ1) is 23.7. The fraction of sp³-hybridized carbons (Fsp3) is 0.114. The fourth-order valence-corrected chi connectivity index (χ4v) is 6.71. The van der Waals surface area contributed by atoms with E-state index in [2.05, 4.69) is 0 Å². The van der Waals surface area contributed by atoms with Crippen molar-refractivity contribution in [1.82, 2.24) is 4.57 Å². The van der Waals surface area contributed by atoms with Crippen LogP contribution < -0.4 is 19.6 Å². The monoisotopic (exact) mass is 694 g/mol. The van der Waals surface area contributed by atoms with Crippen LogP contribution in [0.3, 0.4) is 0 Å². The van der Waals surface area contributed by atoms with Gasteiger partial charge in [0, 0.05) is 16.5 Å². The molecule has 0 aliphatic carbocycles. The number of ether oxygens (including phenoxy) is 2.